The van der Waals surface area contributed by atoms with Gasteiger partial charge in [0.2, 0.25) is 0 Å². The quantitative estimate of drug-likeness (QED) is 0.774. The van der Waals surface area contributed by atoms with Crippen LogP contribution < -0.4 is 5.73 Å². The summed E-state index contributed by atoms with van der Waals surface area (Å²) in [5.41, 5.74) is 7.41. The predicted octanol–water partition coefficient (Wildman–Crippen LogP) is 2.82. The molecule has 0 aromatic carbocycles. The Hall–Kier alpha value is -0.410. The van der Waals surface area contributed by atoms with Gasteiger partial charge in [-0.1, -0.05) is 19.8 Å². The van der Waals surface area contributed by atoms with Crippen molar-refractivity contribution in [2.24, 2.45) is 11.7 Å². The average molecular weight is 210 g/mol. The molecular weight excluding hydrogens is 192 g/mol. The van der Waals surface area contributed by atoms with Crippen LogP contribution in [0.5, 0.6) is 0 Å². The van der Waals surface area contributed by atoms with Crippen molar-refractivity contribution in [3.8, 4) is 0 Å². The molecule has 1 saturated carbocycles. The van der Waals surface area contributed by atoms with Crippen LogP contribution in [0.2, 0.25) is 0 Å². The van der Waals surface area contributed by atoms with E-state index in [1.807, 2.05) is 6.92 Å². The van der Waals surface area contributed by atoms with E-state index in [0.29, 0.717) is 0 Å². The summed E-state index contributed by atoms with van der Waals surface area (Å²) in [6.45, 7) is 4.34. The second-order valence-corrected chi connectivity index (χ2v) is 5.67. The second-order valence-electron chi connectivity index (χ2n) is 4.61. The maximum atomic E-state index is 6.43. The van der Waals surface area contributed by atoms with Gasteiger partial charge in [0.15, 0.2) is 0 Å². The van der Waals surface area contributed by atoms with E-state index in [1.54, 1.807) is 11.3 Å². The molecule has 0 bridgehead atoms. The van der Waals surface area contributed by atoms with E-state index in [0.717, 1.165) is 29.5 Å². The molecule has 3 heteroatoms. The number of nitrogens with two attached hydrogens (primary N) is 1. The van der Waals surface area contributed by atoms with Crippen molar-refractivity contribution >= 4 is 11.3 Å². The predicted molar refractivity (Wildman–Crippen MR) is 60.3 cm³/mol. The van der Waals surface area contributed by atoms with Gasteiger partial charge in [-0.2, -0.15) is 0 Å². The third-order valence-electron chi connectivity index (χ3n) is 3.16. The molecule has 1 heterocycles. The van der Waals surface area contributed by atoms with Crippen molar-refractivity contribution < 1.29 is 0 Å². The minimum atomic E-state index is -0.136. The lowest BCUT2D eigenvalue weighted by Gasteiger charge is -2.35. The van der Waals surface area contributed by atoms with Crippen LogP contribution >= 0.6 is 11.3 Å². The Morgan fingerprint density at radius 3 is 3.00 bits per heavy atom. The SMILES string of the molecule is Cc1nc(C2(N)CCCC(C)C2)cs1. The first-order valence-corrected chi connectivity index (χ1v) is 6.19. The first-order valence-electron chi connectivity index (χ1n) is 5.32. The average Bonchev–Trinajstić information content (AvgIpc) is 2.52. The summed E-state index contributed by atoms with van der Waals surface area (Å²) in [7, 11) is 0. The van der Waals surface area contributed by atoms with Gasteiger partial charge in [0.1, 0.15) is 0 Å². The van der Waals surface area contributed by atoms with Gasteiger partial charge in [0.05, 0.1) is 16.2 Å². The van der Waals surface area contributed by atoms with Gasteiger partial charge >= 0.3 is 0 Å². The van der Waals surface area contributed by atoms with E-state index < -0.39 is 0 Å². The Kier molecular flexibility index (Phi) is 2.62. The topological polar surface area (TPSA) is 38.9 Å². The summed E-state index contributed by atoms with van der Waals surface area (Å²) >= 11 is 1.71. The fraction of sp³-hybridized carbons (Fsp3) is 0.727. The van der Waals surface area contributed by atoms with Crippen molar-refractivity contribution in [3.63, 3.8) is 0 Å². The van der Waals surface area contributed by atoms with Crippen LogP contribution in [0.4, 0.5) is 0 Å². The summed E-state index contributed by atoms with van der Waals surface area (Å²) in [5, 5.41) is 3.26. The summed E-state index contributed by atoms with van der Waals surface area (Å²) in [6, 6.07) is 0. The Morgan fingerprint density at radius 1 is 1.64 bits per heavy atom. The molecule has 1 aromatic rings. The fourth-order valence-corrected chi connectivity index (χ4v) is 3.14. The molecule has 2 unspecified atom stereocenters. The van der Waals surface area contributed by atoms with Crippen LogP contribution in [-0.2, 0) is 5.54 Å². The molecule has 2 nitrogen and oxygen atoms in total. The lowest BCUT2D eigenvalue weighted by molar-refractivity contribution is 0.234. The first kappa shape index (κ1) is 10.1. The number of thiazole rings is 1. The number of aromatic nitrogens is 1. The highest BCUT2D eigenvalue weighted by Gasteiger charge is 2.34. The summed E-state index contributed by atoms with van der Waals surface area (Å²) in [6.07, 6.45) is 4.76. The number of hydrogen-bond acceptors (Lipinski definition) is 3. The lowest BCUT2D eigenvalue weighted by atomic mass is 9.75. The van der Waals surface area contributed by atoms with Crippen molar-refractivity contribution in [1.82, 2.24) is 4.98 Å². The summed E-state index contributed by atoms with van der Waals surface area (Å²) in [5.74, 6) is 0.746. The zero-order chi connectivity index (χ0) is 10.2. The summed E-state index contributed by atoms with van der Waals surface area (Å²) in [4.78, 5) is 4.53. The molecule has 78 valence electrons. The largest absolute Gasteiger partial charge is 0.320 e. The third-order valence-corrected chi connectivity index (χ3v) is 3.94. The van der Waals surface area contributed by atoms with E-state index in [2.05, 4.69) is 17.3 Å². The molecule has 0 amide bonds. The molecule has 1 fully saturated rings. The van der Waals surface area contributed by atoms with E-state index in [-0.39, 0.29) is 5.54 Å². The van der Waals surface area contributed by atoms with Gasteiger partial charge < -0.3 is 5.73 Å². The van der Waals surface area contributed by atoms with Crippen LogP contribution in [0, 0.1) is 12.8 Å². The Bertz CT molecular complexity index is 321. The van der Waals surface area contributed by atoms with Crippen LogP contribution in [0.1, 0.15) is 43.3 Å². The standard InChI is InChI=1S/C11H18N2S/c1-8-4-3-5-11(12,6-8)10-7-14-9(2)13-10/h7-8H,3-6,12H2,1-2H3. The minimum Gasteiger partial charge on any atom is -0.320 e. The van der Waals surface area contributed by atoms with Crippen LogP contribution in [0.3, 0.4) is 0 Å². The Balaban J connectivity index is 2.22. The van der Waals surface area contributed by atoms with E-state index >= 15 is 0 Å². The first-order chi connectivity index (χ1) is 6.60. The van der Waals surface area contributed by atoms with Crippen molar-refractivity contribution in [1.29, 1.82) is 0 Å². The van der Waals surface area contributed by atoms with Gasteiger partial charge in [-0.25, -0.2) is 4.98 Å². The molecule has 2 N–H and O–H groups in total. The molecule has 0 saturated heterocycles. The van der Waals surface area contributed by atoms with Crippen LogP contribution in [-0.4, -0.2) is 4.98 Å². The van der Waals surface area contributed by atoms with E-state index in [1.165, 1.54) is 12.8 Å². The Morgan fingerprint density at radius 2 is 2.43 bits per heavy atom. The number of aryl methyl sites for hydroxylation is 1. The van der Waals surface area contributed by atoms with E-state index in [4.69, 9.17) is 5.73 Å². The maximum absolute atomic E-state index is 6.43. The normalized spacial score (nSPS) is 33.2. The van der Waals surface area contributed by atoms with Crippen molar-refractivity contribution in [2.45, 2.75) is 45.1 Å². The molecule has 1 aliphatic rings. The molecule has 2 rings (SSSR count). The second kappa shape index (κ2) is 3.63. The Labute approximate surface area is 89.5 Å². The maximum Gasteiger partial charge on any atom is 0.0898 e. The highest BCUT2D eigenvalue weighted by Crippen LogP contribution is 2.37. The molecule has 2 atom stereocenters. The zero-order valence-electron chi connectivity index (χ0n) is 8.92. The highest BCUT2D eigenvalue weighted by molar-refractivity contribution is 7.09. The fourth-order valence-electron chi connectivity index (χ4n) is 2.42. The summed E-state index contributed by atoms with van der Waals surface area (Å²) < 4.78 is 0. The minimum absolute atomic E-state index is 0.136. The molecule has 0 spiro atoms. The molecule has 0 aliphatic heterocycles. The smallest absolute Gasteiger partial charge is 0.0898 e. The van der Waals surface area contributed by atoms with Gasteiger partial charge in [-0.15, -0.1) is 11.3 Å². The molecule has 1 aliphatic carbocycles. The monoisotopic (exact) mass is 210 g/mol. The number of nitrogens with zero attached hydrogens (tertiary/aromatic N) is 1. The number of rotatable bonds is 1. The molecular formula is C11H18N2S. The van der Waals surface area contributed by atoms with Gasteiger partial charge in [-0.3, -0.25) is 0 Å². The van der Waals surface area contributed by atoms with Gasteiger partial charge in [-0.05, 0) is 25.7 Å². The van der Waals surface area contributed by atoms with Crippen molar-refractivity contribution in [2.75, 3.05) is 0 Å². The number of hydrogen-bond donors (Lipinski definition) is 1. The lowest BCUT2D eigenvalue weighted by Crippen LogP contribution is -2.41. The van der Waals surface area contributed by atoms with Gasteiger partial charge in [0.25, 0.3) is 0 Å². The van der Waals surface area contributed by atoms with Gasteiger partial charge in [0, 0.05) is 5.38 Å². The highest BCUT2D eigenvalue weighted by atomic mass is 32.1. The third kappa shape index (κ3) is 1.84. The van der Waals surface area contributed by atoms with Crippen LogP contribution in [0.25, 0.3) is 0 Å². The molecule has 1 aromatic heterocycles. The zero-order valence-corrected chi connectivity index (χ0v) is 9.73. The van der Waals surface area contributed by atoms with E-state index in [9.17, 15) is 0 Å². The van der Waals surface area contributed by atoms with Crippen molar-refractivity contribution in [3.05, 3.63) is 16.1 Å². The molecule has 0 radical (unpaired) electrons. The molecule has 14 heavy (non-hydrogen) atoms. The van der Waals surface area contributed by atoms with Crippen LogP contribution in [0.15, 0.2) is 5.38 Å².